The second kappa shape index (κ2) is 7.41. The molecule has 0 heterocycles. The second-order valence-electron chi connectivity index (χ2n) is 5.65. The number of benzene rings is 2. The molecule has 0 aromatic heterocycles. The summed E-state index contributed by atoms with van der Waals surface area (Å²) in [5.74, 6) is 0. The third kappa shape index (κ3) is 3.67. The van der Waals surface area contributed by atoms with Crippen LogP contribution in [-0.2, 0) is 0 Å². The molecule has 0 aliphatic rings. The molecule has 112 valence electrons. The van der Waals surface area contributed by atoms with Crippen LogP contribution in [0, 0.1) is 24.3 Å². The van der Waals surface area contributed by atoms with Crippen LogP contribution in [0.4, 0.5) is 0 Å². The van der Waals surface area contributed by atoms with Crippen molar-refractivity contribution >= 4 is 22.6 Å². The summed E-state index contributed by atoms with van der Waals surface area (Å²) in [6, 6.07) is 13.5. The molecule has 1 unspecified atom stereocenters. The number of halogens is 1. The zero-order valence-electron chi connectivity index (χ0n) is 13.3. The largest absolute Gasteiger partial charge is 0.306 e. The fraction of sp³-hybridized carbons (Fsp3) is 0.368. The summed E-state index contributed by atoms with van der Waals surface area (Å²) in [4.78, 5) is 0. The van der Waals surface area contributed by atoms with Crippen molar-refractivity contribution in [3.8, 4) is 0 Å². The van der Waals surface area contributed by atoms with E-state index in [-0.39, 0.29) is 6.04 Å². The van der Waals surface area contributed by atoms with Crippen molar-refractivity contribution in [2.45, 2.75) is 40.2 Å². The molecule has 0 aliphatic heterocycles. The lowest BCUT2D eigenvalue weighted by molar-refractivity contribution is 0.593. The van der Waals surface area contributed by atoms with Gasteiger partial charge in [0.05, 0.1) is 6.04 Å². The molecule has 2 aromatic carbocycles. The van der Waals surface area contributed by atoms with Crippen LogP contribution >= 0.6 is 22.6 Å². The maximum atomic E-state index is 3.73. The van der Waals surface area contributed by atoms with E-state index >= 15 is 0 Å². The Morgan fingerprint density at radius 2 is 1.57 bits per heavy atom. The Morgan fingerprint density at radius 3 is 2.24 bits per heavy atom. The molecule has 0 amide bonds. The highest BCUT2D eigenvalue weighted by Gasteiger charge is 2.19. The van der Waals surface area contributed by atoms with Crippen LogP contribution in [-0.4, -0.2) is 6.54 Å². The van der Waals surface area contributed by atoms with Crippen LogP contribution in [0.3, 0.4) is 0 Å². The van der Waals surface area contributed by atoms with Gasteiger partial charge in [0.15, 0.2) is 0 Å². The molecule has 0 spiro atoms. The first-order valence-electron chi connectivity index (χ1n) is 7.60. The van der Waals surface area contributed by atoms with E-state index in [0.717, 1.165) is 13.0 Å². The summed E-state index contributed by atoms with van der Waals surface area (Å²) in [5.41, 5.74) is 6.88. The van der Waals surface area contributed by atoms with Crippen molar-refractivity contribution in [1.82, 2.24) is 5.32 Å². The van der Waals surface area contributed by atoms with Gasteiger partial charge in [-0.25, -0.2) is 0 Å². The first-order chi connectivity index (χ1) is 10.1. The monoisotopic (exact) mass is 393 g/mol. The van der Waals surface area contributed by atoms with Gasteiger partial charge in [0.2, 0.25) is 0 Å². The molecule has 2 heteroatoms. The van der Waals surface area contributed by atoms with Crippen LogP contribution in [0.1, 0.15) is 47.2 Å². The second-order valence-corrected chi connectivity index (χ2v) is 6.73. The van der Waals surface area contributed by atoms with Crippen LogP contribution in [0.2, 0.25) is 0 Å². The first-order valence-corrected chi connectivity index (χ1v) is 8.68. The highest BCUT2D eigenvalue weighted by atomic mass is 127. The van der Waals surface area contributed by atoms with Crippen molar-refractivity contribution < 1.29 is 0 Å². The minimum absolute atomic E-state index is 0.275. The molecule has 0 saturated heterocycles. The van der Waals surface area contributed by atoms with Crippen molar-refractivity contribution in [2.75, 3.05) is 6.54 Å². The van der Waals surface area contributed by atoms with Crippen molar-refractivity contribution in [3.05, 3.63) is 67.8 Å². The SMILES string of the molecule is CCCNC(c1cccc(C)c1C)c1cccc(C)c1I. The van der Waals surface area contributed by atoms with Gasteiger partial charge in [-0.2, -0.15) is 0 Å². The lowest BCUT2D eigenvalue weighted by atomic mass is 9.92. The molecular weight excluding hydrogens is 369 g/mol. The summed E-state index contributed by atoms with van der Waals surface area (Å²) in [6.45, 7) is 9.85. The number of aryl methyl sites for hydroxylation is 2. The normalized spacial score (nSPS) is 12.4. The van der Waals surface area contributed by atoms with Gasteiger partial charge < -0.3 is 5.32 Å². The Hall–Kier alpha value is -0.870. The number of nitrogens with one attached hydrogen (secondary N) is 1. The third-order valence-electron chi connectivity index (χ3n) is 4.09. The smallest absolute Gasteiger partial charge is 0.0589 e. The average Bonchev–Trinajstić information content (AvgIpc) is 2.47. The molecule has 0 radical (unpaired) electrons. The Morgan fingerprint density at radius 1 is 0.952 bits per heavy atom. The predicted octanol–water partition coefficient (Wildman–Crippen LogP) is 5.31. The highest BCUT2D eigenvalue weighted by Crippen LogP contribution is 2.30. The lowest BCUT2D eigenvalue weighted by Crippen LogP contribution is -2.25. The maximum Gasteiger partial charge on any atom is 0.0589 e. The van der Waals surface area contributed by atoms with Crippen molar-refractivity contribution in [2.24, 2.45) is 0 Å². The fourth-order valence-electron chi connectivity index (χ4n) is 2.66. The topological polar surface area (TPSA) is 12.0 Å². The summed E-state index contributed by atoms with van der Waals surface area (Å²) in [6.07, 6.45) is 1.14. The van der Waals surface area contributed by atoms with Gasteiger partial charge in [-0.15, -0.1) is 0 Å². The molecule has 2 rings (SSSR count). The average molecular weight is 393 g/mol. The van der Waals surface area contributed by atoms with Crippen LogP contribution in [0.25, 0.3) is 0 Å². The zero-order valence-corrected chi connectivity index (χ0v) is 15.5. The standard InChI is InChI=1S/C19H24IN/c1-5-12-21-19(16-10-6-8-13(2)15(16)4)17-11-7-9-14(3)18(17)20/h6-11,19,21H,5,12H2,1-4H3. The molecular formula is C19H24IN. The minimum Gasteiger partial charge on any atom is -0.306 e. The van der Waals surface area contributed by atoms with Crippen LogP contribution < -0.4 is 5.32 Å². The number of hydrogen-bond donors (Lipinski definition) is 1. The third-order valence-corrected chi connectivity index (χ3v) is 5.56. The zero-order chi connectivity index (χ0) is 15.4. The Bertz CT molecular complexity index is 567. The van der Waals surface area contributed by atoms with E-state index < -0.39 is 0 Å². The Balaban J connectivity index is 2.52. The maximum absolute atomic E-state index is 3.73. The van der Waals surface area contributed by atoms with Gasteiger partial charge in [0.25, 0.3) is 0 Å². The molecule has 21 heavy (non-hydrogen) atoms. The number of hydrogen-bond acceptors (Lipinski definition) is 1. The summed E-state index contributed by atoms with van der Waals surface area (Å²) in [7, 11) is 0. The Kier molecular flexibility index (Phi) is 5.82. The molecule has 0 aliphatic carbocycles. The predicted molar refractivity (Wildman–Crippen MR) is 99.9 cm³/mol. The fourth-order valence-corrected chi connectivity index (χ4v) is 3.33. The van der Waals surface area contributed by atoms with Gasteiger partial charge in [-0.1, -0.05) is 43.3 Å². The van der Waals surface area contributed by atoms with E-state index in [4.69, 9.17) is 0 Å². The van der Waals surface area contributed by atoms with E-state index in [1.807, 2.05) is 0 Å². The lowest BCUT2D eigenvalue weighted by Gasteiger charge is -2.24. The molecule has 1 nitrogen and oxygen atoms in total. The van der Waals surface area contributed by atoms with Crippen molar-refractivity contribution in [3.63, 3.8) is 0 Å². The van der Waals surface area contributed by atoms with E-state index in [1.165, 1.54) is 31.4 Å². The minimum atomic E-state index is 0.275. The van der Waals surface area contributed by atoms with Gasteiger partial charge in [-0.05, 0) is 84.1 Å². The highest BCUT2D eigenvalue weighted by molar-refractivity contribution is 14.1. The van der Waals surface area contributed by atoms with Gasteiger partial charge >= 0.3 is 0 Å². The summed E-state index contributed by atoms with van der Waals surface area (Å²) >= 11 is 2.48. The molecule has 0 fully saturated rings. The van der Waals surface area contributed by atoms with Crippen LogP contribution in [0.15, 0.2) is 36.4 Å². The van der Waals surface area contributed by atoms with Gasteiger partial charge in [0.1, 0.15) is 0 Å². The molecule has 2 aromatic rings. The number of rotatable bonds is 5. The van der Waals surface area contributed by atoms with Gasteiger partial charge in [0, 0.05) is 3.57 Å². The van der Waals surface area contributed by atoms with E-state index in [2.05, 4.69) is 92.0 Å². The van der Waals surface area contributed by atoms with E-state index in [9.17, 15) is 0 Å². The first kappa shape index (κ1) is 16.5. The van der Waals surface area contributed by atoms with Gasteiger partial charge in [-0.3, -0.25) is 0 Å². The van der Waals surface area contributed by atoms with Crippen molar-refractivity contribution in [1.29, 1.82) is 0 Å². The Labute approximate surface area is 142 Å². The van der Waals surface area contributed by atoms with Crippen LogP contribution in [0.5, 0.6) is 0 Å². The summed E-state index contributed by atoms with van der Waals surface area (Å²) < 4.78 is 1.37. The van der Waals surface area contributed by atoms with E-state index in [1.54, 1.807) is 0 Å². The molecule has 1 N–H and O–H groups in total. The summed E-state index contributed by atoms with van der Waals surface area (Å²) in [5, 5.41) is 3.73. The van der Waals surface area contributed by atoms with E-state index in [0.29, 0.717) is 0 Å². The quantitative estimate of drug-likeness (QED) is 0.680. The molecule has 0 saturated carbocycles. The molecule has 1 atom stereocenters. The molecule has 0 bridgehead atoms.